The fourth-order valence-corrected chi connectivity index (χ4v) is 2.27. The molecule has 19 heavy (non-hydrogen) atoms. The van der Waals surface area contributed by atoms with Crippen molar-refractivity contribution in [3.05, 3.63) is 24.3 Å². The highest BCUT2D eigenvalue weighted by Gasteiger charge is 2.21. The van der Waals surface area contributed by atoms with E-state index >= 15 is 0 Å². The zero-order valence-corrected chi connectivity index (χ0v) is 11.7. The summed E-state index contributed by atoms with van der Waals surface area (Å²) < 4.78 is 16.5. The van der Waals surface area contributed by atoms with Crippen LogP contribution in [0.4, 0.5) is 0 Å². The summed E-state index contributed by atoms with van der Waals surface area (Å²) in [5.41, 5.74) is 0. The SMILES string of the molecule is COc1cccc(OCCNC(C)C2CCCO2)c1. The van der Waals surface area contributed by atoms with E-state index in [2.05, 4.69) is 12.2 Å². The predicted octanol–water partition coefficient (Wildman–Crippen LogP) is 2.23. The second-order valence-electron chi connectivity index (χ2n) is 4.82. The third-order valence-electron chi connectivity index (χ3n) is 3.40. The molecule has 1 aliphatic heterocycles. The van der Waals surface area contributed by atoms with Crippen LogP contribution in [0.5, 0.6) is 11.5 Å². The summed E-state index contributed by atoms with van der Waals surface area (Å²) in [5, 5.41) is 3.44. The maximum absolute atomic E-state index is 5.68. The lowest BCUT2D eigenvalue weighted by molar-refractivity contribution is 0.0824. The minimum atomic E-state index is 0.358. The van der Waals surface area contributed by atoms with Crippen LogP contribution < -0.4 is 14.8 Å². The van der Waals surface area contributed by atoms with Gasteiger partial charge < -0.3 is 19.5 Å². The van der Waals surface area contributed by atoms with Gasteiger partial charge in [-0.3, -0.25) is 0 Å². The third kappa shape index (κ3) is 4.40. The normalized spacial score (nSPS) is 20.2. The molecule has 2 rings (SSSR count). The van der Waals surface area contributed by atoms with Gasteiger partial charge >= 0.3 is 0 Å². The zero-order chi connectivity index (χ0) is 13.5. The van der Waals surface area contributed by atoms with Gasteiger partial charge in [-0.25, -0.2) is 0 Å². The number of rotatable bonds is 7. The molecule has 4 heteroatoms. The second kappa shape index (κ2) is 7.36. The molecule has 1 aromatic carbocycles. The Balaban J connectivity index is 1.65. The first-order valence-corrected chi connectivity index (χ1v) is 6.91. The molecular weight excluding hydrogens is 242 g/mol. The van der Waals surface area contributed by atoms with E-state index in [1.165, 1.54) is 6.42 Å². The van der Waals surface area contributed by atoms with Gasteiger partial charge in [0.2, 0.25) is 0 Å². The fourth-order valence-electron chi connectivity index (χ4n) is 2.27. The summed E-state index contributed by atoms with van der Waals surface area (Å²) in [5.74, 6) is 1.66. The Morgan fingerprint density at radius 1 is 1.42 bits per heavy atom. The van der Waals surface area contributed by atoms with Crippen molar-refractivity contribution in [2.75, 3.05) is 26.9 Å². The number of nitrogens with one attached hydrogen (secondary N) is 1. The number of hydrogen-bond donors (Lipinski definition) is 1. The molecule has 0 aliphatic carbocycles. The topological polar surface area (TPSA) is 39.7 Å². The number of ether oxygens (including phenoxy) is 3. The van der Waals surface area contributed by atoms with Crippen LogP contribution in [-0.2, 0) is 4.74 Å². The lowest BCUT2D eigenvalue weighted by Crippen LogP contribution is -2.39. The van der Waals surface area contributed by atoms with Gasteiger partial charge in [0, 0.05) is 25.3 Å². The van der Waals surface area contributed by atoms with Crippen molar-refractivity contribution in [1.29, 1.82) is 0 Å². The minimum Gasteiger partial charge on any atom is -0.497 e. The molecule has 106 valence electrons. The monoisotopic (exact) mass is 265 g/mol. The van der Waals surface area contributed by atoms with Crippen LogP contribution in [0.3, 0.4) is 0 Å². The molecule has 0 spiro atoms. The van der Waals surface area contributed by atoms with Gasteiger partial charge in [-0.2, -0.15) is 0 Å². The van der Waals surface area contributed by atoms with Crippen LogP contribution in [-0.4, -0.2) is 39.0 Å². The molecule has 1 heterocycles. The van der Waals surface area contributed by atoms with Gasteiger partial charge in [0.25, 0.3) is 0 Å². The molecule has 0 radical (unpaired) electrons. The summed E-state index contributed by atoms with van der Waals surface area (Å²) in [6, 6.07) is 8.05. The number of hydrogen-bond acceptors (Lipinski definition) is 4. The Morgan fingerprint density at radius 3 is 3.00 bits per heavy atom. The molecule has 1 fully saturated rings. The Kier molecular flexibility index (Phi) is 5.48. The molecule has 4 nitrogen and oxygen atoms in total. The molecule has 0 amide bonds. The highest BCUT2D eigenvalue weighted by molar-refractivity contribution is 5.32. The molecular formula is C15H23NO3. The summed E-state index contributed by atoms with van der Waals surface area (Å²) in [4.78, 5) is 0. The highest BCUT2D eigenvalue weighted by atomic mass is 16.5. The standard InChI is InChI=1S/C15H23NO3/c1-12(15-7-4-9-19-15)16-8-10-18-14-6-3-5-13(11-14)17-2/h3,5-6,11-12,15-16H,4,7-10H2,1-2H3. The molecule has 0 saturated carbocycles. The molecule has 1 aliphatic rings. The molecule has 2 unspecified atom stereocenters. The van der Waals surface area contributed by atoms with Crippen molar-refractivity contribution in [3.8, 4) is 11.5 Å². The summed E-state index contributed by atoms with van der Waals surface area (Å²) >= 11 is 0. The highest BCUT2D eigenvalue weighted by Crippen LogP contribution is 2.18. The van der Waals surface area contributed by atoms with E-state index in [0.29, 0.717) is 18.8 Å². The smallest absolute Gasteiger partial charge is 0.123 e. The lowest BCUT2D eigenvalue weighted by atomic mass is 10.1. The van der Waals surface area contributed by atoms with Gasteiger partial charge in [-0.15, -0.1) is 0 Å². The maximum atomic E-state index is 5.68. The van der Waals surface area contributed by atoms with E-state index in [-0.39, 0.29) is 0 Å². The van der Waals surface area contributed by atoms with Crippen LogP contribution >= 0.6 is 0 Å². The van der Waals surface area contributed by atoms with Gasteiger partial charge in [0.1, 0.15) is 18.1 Å². The van der Waals surface area contributed by atoms with E-state index in [1.54, 1.807) is 7.11 Å². The molecule has 1 aromatic rings. The molecule has 0 aromatic heterocycles. The van der Waals surface area contributed by atoms with Gasteiger partial charge in [-0.05, 0) is 31.9 Å². The number of benzene rings is 1. The first-order valence-electron chi connectivity index (χ1n) is 6.91. The van der Waals surface area contributed by atoms with Crippen LogP contribution in [0.15, 0.2) is 24.3 Å². The van der Waals surface area contributed by atoms with Gasteiger partial charge in [-0.1, -0.05) is 6.07 Å². The van der Waals surface area contributed by atoms with Crippen molar-refractivity contribution in [2.45, 2.75) is 31.9 Å². The molecule has 2 atom stereocenters. The summed E-state index contributed by atoms with van der Waals surface area (Å²) in [6.07, 6.45) is 2.69. The lowest BCUT2D eigenvalue weighted by Gasteiger charge is -2.20. The van der Waals surface area contributed by atoms with Crippen molar-refractivity contribution < 1.29 is 14.2 Å². The fraction of sp³-hybridized carbons (Fsp3) is 0.600. The van der Waals surface area contributed by atoms with E-state index in [0.717, 1.165) is 31.1 Å². The van der Waals surface area contributed by atoms with E-state index in [1.807, 2.05) is 24.3 Å². The Hall–Kier alpha value is -1.26. The van der Waals surface area contributed by atoms with Gasteiger partial charge in [0.15, 0.2) is 0 Å². The zero-order valence-electron chi connectivity index (χ0n) is 11.7. The van der Waals surface area contributed by atoms with E-state index < -0.39 is 0 Å². The first kappa shape index (κ1) is 14.2. The average Bonchev–Trinajstić information content (AvgIpc) is 2.98. The van der Waals surface area contributed by atoms with Crippen LogP contribution in [0.25, 0.3) is 0 Å². The van der Waals surface area contributed by atoms with Crippen LogP contribution in [0, 0.1) is 0 Å². The minimum absolute atomic E-state index is 0.358. The molecule has 1 N–H and O–H groups in total. The Morgan fingerprint density at radius 2 is 2.26 bits per heavy atom. The van der Waals surface area contributed by atoms with Crippen molar-refractivity contribution >= 4 is 0 Å². The molecule has 0 bridgehead atoms. The van der Waals surface area contributed by atoms with Crippen molar-refractivity contribution in [3.63, 3.8) is 0 Å². The Labute approximate surface area is 115 Å². The summed E-state index contributed by atoms with van der Waals surface area (Å²) in [7, 11) is 1.66. The van der Waals surface area contributed by atoms with Crippen molar-refractivity contribution in [2.24, 2.45) is 0 Å². The molecule has 1 saturated heterocycles. The van der Waals surface area contributed by atoms with Crippen LogP contribution in [0.1, 0.15) is 19.8 Å². The maximum Gasteiger partial charge on any atom is 0.123 e. The predicted molar refractivity (Wildman–Crippen MR) is 74.9 cm³/mol. The van der Waals surface area contributed by atoms with Gasteiger partial charge in [0.05, 0.1) is 13.2 Å². The second-order valence-corrected chi connectivity index (χ2v) is 4.82. The quantitative estimate of drug-likeness (QED) is 0.767. The third-order valence-corrected chi connectivity index (χ3v) is 3.40. The first-order chi connectivity index (χ1) is 9.29. The largest absolute Gasteiger partial charge is 0.497 e. The van der Waals surface area contributed by atoms with E-state index in [4.69, 9.17) is 14.2 Å². The number of methoxy groups -OCH3 is 1. The average molecular weight is 265 g/mol. The van der Waals surface area contributed by atoms with Crippen molar-refractivity contribution in [1.82, 2.24) is 5.32 Å². The Bertz CT molecular complexity index is 377. The summed E-state index contributed by atoms with van der Waals surface area (Å²) in [6.45, 7) is 4.53. The van der Waals surface area contributed by atoms with E-state index in [9.17, 15) is 0 Å². The van der Waals surface area contributed by atoms with Crippen LogP contribution in [0.2, 0.25) is 0 Å².